The first-order valence-corrected chi connectivity index (χ1v) is 5.57. The minimum absolute atomic E-state index is 0.267. The standard InChI is InChI=1S/C13H22N2/c1-9(2)15-13(8-14)12-6-10(3)5-11(4)7-12/h5-7,9,13,15H,8,14H2,1-4H3. The molecule has 1 unspecified atom stereocenters. The van der Waals surface area contributed by atoms with Crippen molar-refractivity contribution in [3.63, 3.8) is 0 Å². The topological polar surface area (TPSA) is 38.0 Å². The van der Waals surface area contributed by atoms with Gasteiger partial charge in [0.15, 0.2) is 0 Å². The van der Waals surface area contributed by atoms with E-state index in [0.29, 0.717) is 12.6 Å². The van der Waals surface area contributed by atoms with Gasteiger partial charge in [0.25, 0.3) is 0 Å². The van der Waals surface area contributed by atoms with Gasteiger partial charge >= 0.3 is 0 Å². The van der Waals surface area contributed by atoms with E-state index < -0.39 is 0 Å². The van der Waals surface area contributed by atoms with Gasteiger partial charge in [0.2, 0.25) is 0 Å². The Balaban J connectivity index is 2.91. The van der Waals surface area contributed by atoms with Gasteiger partial charge in [-0.1, -0.05) is 43.2 Å². The predicted molar refractivity (Wildman–Crippen MR) is 66.0 cm³/mol. The van der Waals surface area contributed by atoms with Crippen LogP contribution in [0.4, 0.5) is 0 Å². The van der Waals surface area contributed by atoms with Crippen LogP contribution in [0.2, 0.25) is 0 Å². The van der Waals surface area contributed by atoms with E-state index in [4.69, 9.17) is 5.73 Å². The molecule has 15 heavy (non-hydrogen) atoms. The van der Waals surface area contributed by atoms with E-state index in [-0.39, 0.29) is 6.04 Å². The molecule has 1 rings (SSSR count). The average molecular weight is 206 g/mol. The van der Waals surface area contributed by atoms with Crippen molar-refractivity contribution in [3.8, 4) is 0 Å². The van der Waals surface area contributed by atoms with Crippen LogP contribution in [-0.2, 0) is 0 Å². The Morgan fingerprint density at radius 1 is 1.13 bits per heavy atom. The zero-order valence-electron chi connectivity index (χ0n) is 10.2. The van der Waals surface area contributed by atoms with Gasteiger partial charge < -0.3 is 11.1 Å². The summed E-state index contributed by atoms with van der Waals surface area (Å²) >= 11 is 0. The van der Waals surface area contributed by atoms with Crippen LogP contribution in [0.15, 0.2) is 18.2 Å². The summed E-state index contributed by atoms with van der Waals surface area (Å²) in [7, 11) is 0. The summed E-state index contributed by atoms with van der Waals surface area (Å²) in [6.07, 6.45) is 0. The normalized spacial score (nSPS) is 13.2. The van der Waals surface area contributed by atoms with Crippen molar-refractivity contribution in [1.82, 2.24) is 5.32 Å². The molecule has 0 aliphatic rings. The second-order valence-corrected chi connectivity index (χ2v) is 4.53. The van der Waals surface area contributed by atoms with Crippen LogP contribution in [0, 0.1) is 13.8 Å². The summed E-state index contributed by atoms with van der Waals surface area (Å²) in [5.74, 6) is 0. The van der Waals surface area contributed by atoms with Crippen molar-refractivity contribution in [1.29, 1.82) is 0 Å². The molecule has 1 atom stereocenters. The summed E-state index contributed by atoms with van der Waals surface area (Å²) in [4.78, 5) is 0. The van der Waals surface area contributed by atoms with Crippen LogP contribution in [0.1, 0.15) is 36.6 Å². The lowest BCUT2D eigenvalue weighted by Gasteiger charge is -2.21. The first kappa shape index (κ1) is 12.2. The van der Waals surface area contributed by atoms with Gasteiger partial charge in [-0.25, -0.2) is 0 Å². The van der Waals surface area contributed by atoms with Crippen molar-refractivity contribution in [3.05, 3.63) is 34.9 Å². The molecule has 2 nitrogen and oxygen atoms in total. The summed E-state index contributed by atoms with van der Waals surface area (Å²) in [5.41, 5.74) is 9.69. The molecule has 0 spiro atoms. The zero-order chi connectivity index (χ0) is 11.4. The molecule has 0 aliphatic carbocycles. The van der Waals surface area contributed by atoms with Gasteiger partial charge in [-0.05, 0) is 19.4 Å². The van der Waals surface area contributed by atoms with Crippen LogP contribution in [0.25, 0.3) is 0 Å². The SMILES string of the molecule is Cc1cc(C)cc(C(CN)NC(C)C)c1. The number of hydrogen-bond acceptors (Lipinski definition) is 2. The molecule has 2 heteroatoms. The molecule has 0 bridgehead atoms. The first-order valence-electron chi connectivity index (χ1n) is 5.57. The molecule has 0 fully saturated rings. The minimum atomic E-state index is 0.267. The molecule has 1 aromatic carbocycles. The third-order valence-electron chi connectivity index (χ3n) is 2.42. The molecular weight excluding hydrogens is 184 g/mol. The predicted octanol–water partition coefficient (Wildman–Crippen LogP) is 2.30. The Labute approximate surface area is 92.9 Å². The number of benzene rings is 1. The molecule has 0 saturated carbocycles. The first-order chi connectivity index (χ1) is 7.02. The number of rotatable bonds is 4. The summed E-state index contributed by atoms with van der Waals surface area (Å²) < 4.78 is 0. The fourth-order valence-corrected chi connectivity index (χ4v) is 1.91. The maximum absolute atomic E-state index is 5.79. The number of nitrogens with one attached hydrogen (secondary N) is 1. The maximum Gasteiger partial charge on any atom is 0.0446 e. The van der Waals surface area contributed by atoms with Crippen LogP contribution in [0.3, 0.4) is 0 Å². The van der Waals surface area contributed by atoms with Gasteiger partial charge in [-0.3, -0.25) is 0 Å². The van der Waals surface area contributed by atoms with Crippen molar-refractivity contribution in [2.45, 2.75) is 39.8 Å². The molecular formula is C13H22N2. The van der Waals surface area contributed by atoms with E-state index >= 15 is 0 Å². The highest BCUT2D eigenvalue weighted by molar-refractivity contribution is 5.30. The van der Waals surface area contributed by atoms with E-state index in [2.05, 4.69) is 51.2 Å². The highest BCUT2D eigenvalue weighted by Crippen LogP contribution is 2.16. The lowest BCUT2D eigenvalue weighted by Crippen LogP contribution is -2.33. The average Bonchev–Trinajstić information content (AvgIpc) is 2.12. The molecule has 1 aromatic rings. The summed E-state index contributed by atoms with van der Waals surface area (Å²) in [5, 5.41) is 3.48. The molecule has 84 valence electrons. The van der Waals surface area contributed by atoms with Gasteiger partial charge in [0.1, 0.15) is 0 Å². The van der Waals surface area contributed by atoms with Crippen LogP contribution >= 0.6 is 0 Å². The Hall–Kier alpha value is -0.860. The van der Waals surface area contributed by atoms with Gasteiger partial charge in [-0.2, -0.15) is 0 Å². The van der Waals surface area contributed by atoms with Crippen molar-refractivity contribution >= 4 is 0 Å². The van der Waals surface area contributed by atoms with Gasteiger partial charge in [0, 0.05) is 18.6 Å². The van der Waals surface area contributed by atoms with E-state index in [1.54, 1.807) is 0 Å². The Kier molecular flexibility index (Phi) is 4.30. The van der Waals surface area contributed by atoms with Crippen molar-refractivity contribution in [2.75, 3.05) is 6.54 Å². The van der Waals surface area contributed by atoms with Crippen LogP contribution in [-0.4, -0.2) is 12.6 Å². The fourth-order valence-electron chi connectivity index (χ4n) is 1.91. The molecule has 0 radical (unpaired) electrons. The second kappa shape index (κ2) is 5.29. The third kappa shape index (κ3) is 3.65. The largest absolute Gasteiger partial charge is 0.329 e. The summed E-state index contributed by atoms with van der Waals surface area (Å²) in [6, 6.07) is 7.33. The lowest BCUT2D eigenvalue weighted by molar-refractivity contribution is 0.483. The minimum Gasteiger partial charge on any atom is -0.329 e. The summed E-state index contributed by atoms with van der Waals surface area (Å²) in [6.45, 7) is 9.18. The Morgan fingerprint density at radius 3 is 2.07 bits per heavy atom. The Morgan fingerprint density at radius 2 is 1.67 bits per heavy atom. The molecule has 0 aliphatic heterocycles. The van der Waals surface area contributed by atoms with E-state index in [1.807, 2.05) is 0 Å². The highest BCUT2D eigenvalue weighted by atomic mass is 15.0. The molecule has 0 saturated heterocycles. The van der Waals surface area contributed by atoms with Crippen LogP contribution in [0.5, 0.6) is 0 Å². The van der Waals surface area contributed by atoms with Crippen molar-refractivity contribution in [2.24, 2.45) is 5.73 Å². The van der Waals surface area contributed by atoms with E-state index in [9.17, 15) is 0 Å². The van der Waals surface area contributed by atoms with Crippen LogP contribution < -0.4 is 11.1 Å². The highest BCUT2D eigenvalue weighted by Gasteiger charge is 2.10. The quantitative estimate of drug-likeness (QED) is 0.793. The van der Waals surface area contributed by atoms with E-state index in [1.165, 1.54) is 16.7 Å². The number of nitrogens with two attached hydrogens (primary N) is 1. The number of hydrogen-bond donors (Lipinski definition) is 2. The van der Waals surface area contributed by atoms with Gasteiger partial charge in [-0.15, -0.1) is 0 Å². The third-order valence-corrected chi connectivity index (χ3v) is 2.42. The maximum atomic E-state index is 5.79. The molecule has 0 heterocycles. The molecule has 3 N–H and O–H groups in total. The monoisotopic (exact) mass is 206 g/mol. The van der Waals surface area contributed by atoms with E-state index in [0.717, 1.165) is 0 Å². The fraction of sp³-hybridized carbons (Fsp3) is 0.538. The van der Waals surface area contributed by atoms with Gasteiger partial charge in [0.05, 0.1) is 0 Å². The molecule has 0 amide bonds. The number of aryl methyl sites for hydroxylation is 2. The van der Waals surface area contributed by atoms with Crippen molar-refractivity contribution < 1.29 is 0 Å². The zero-order valence-corrected chi connectivity index (χ0v) is 10.2. The molecule has 0 aromatic heterocycles. The smallest absolute Gasteiger partial charge is 0.0446 e. The second-order valence-electron chi connectivity index (χ2n) is 4.53. The Bertz CT molecular complexity index is 298. The lowest BCUT2D eigenvalue weighted by atomic mass is 10.0.